The number of nitrogens with zero attached hydrogens (tertiary/aromatic N) is 2. The molecule has 0 aliphatic carbocycles. The average Bonchev–Trinajstić information content (AvgIpc) is 2.74. The first-order chi connectivity index (χ1) is 7.10. The van der Waals surface area contributed by atoms with Crippen molar-refractivity contribution in [3.8, 4) is 0 Å². The van der Waals surface area contributed by atoms with E-state index in [-0.39, 0.29) is 0 Å². The van der Waals surface area contributed by atoms with Gasteiger partial charge in [0, 0.05) is 18.8 Å². The van der Waals surface area contributed by atoms with E-state index in [2.05, 4.69) is 4.98 Å². The van der Waals surface area contributed by atoms with Crippen molar-refractivity contribution in [1.82, 2.24) is 9.88 Å². The molecule has 0 amide bonds. The first kappa shape index (κ1) is 11.8. The molecule has 1 aromatic rings. The van der Waals surface area contributed by atoms with Gasteiger partial charge in [-0.2, -0.15) is 0 Å². The molecule has 0 fully saturated rings. The van der Waals surface area contributed by atoms with E-state index in [9.17, 15) is 0 Å². The van der Waals surface area contributed by atoms with E-state index in [1.54, 1.807) is 23.3 Å². The van der Waals surface area contributed by atoms with Gasteiger partial charge >= 0.3 is 0 Å². The van der Waals surface area contributed by atoms with Crippen molar-refractivity contribution < 1.29 is 0 Å². The van der Waals surface area contributed by atoms with E-state index in [1.807, 2.05) is 19.2 Å². The lowest BCUT2D eigenvalue weighted by Crippen LogP contribution is -2.32. The minimum absolute atomic E-state index is 0.304. The average molecular weight is 224 g/mol. The molecular formula is C10H16N4S. The summed E-state index contributed by atoms with van der Waals surface area (Å²) in [6.45, 7) is 3.95. The second kappa shape index (κ2) is 5.02. The van der Waals surface area contributed by atoms with Gasteiger partial charge in [-0.3, -0.25) is 10.8 Å². The smallest absolute Gasteiger partial charge is 0.153 e. The van der Waals surface area contributed by atoms with Crippen LogP contribution in [0.2, 0.25) is 0 Å². The zero-order chi connectivity index (χ0) is 11.4. The summed E-state index contributed by atoms with van der Waals surface area (Å²) in [5.74, 6) is 0.740. The summed E-state index contributed by atoms with van der Waals surface area (Å²) in [5.41, 5.74) is 0.664. The van der Waals surface area contributed by atoms with Gasteiger partial charge in [-0.05, 0) is 6.42 Å². The number of thiazole rings is 1. The predicted molar refractivity (Wildman–Crippen MR) is 64.1 cm³/mol. The molecule has 82 valence electrons. The second-order valence-electron chi connectivity index (χ2n) is 3.19. The van der Waals surface area contributed by atoms with Gasteiger partial charge in [0.2, 0.25) is 0 Å². The molecule has 0 unspecified atom stereocenters. The fourth-order valence-electron chi connectivity index (χ4n) is 1.13. The summed E-state index contributed by atoms with van der Waals surface area (Å²) < 4.78 is 0. The van der Waals surface area contributed by atoms with Crippen molar-refractivity contribution in [3.05, 3.63) is 16.1 Å². The molecule has 1 heterocycles. The maximum atomic E-state index is 7.89. The molecule has 0 aliphatic rings. The van der Waals surface area contributed by atoms with Gasteiger partial charge in [0.25, 0.3) is 0 Å². The lowest BCUT2D eigenvalue weighted by atomic mass is 10.3. The highest BCUT2D eigenvalue weighted by Crippen LogP contribution is 2.12. The van der Waals surface area contributed by atoms with Crippen LogP contribution in [0, 0.1) is 10.8 Å². The number of aryl methyl sites for hydroxylation is 1. The number of rotatable bonds is 3. The van der Waals surface area contributed by atoms with Crippen molar-refractivity contribution in [2.45, 2.75) is 26.7 Å². The molecule has 0 bridgehead atoms. The van der Waals surface area contributed by atoms with E-state index in [1.165, 1.54) is 0 Å². The maximum absolute atomic E-state index is 7.89. The van der Waals surface area contributed by atoms with Crippen LogP contribution in [0.25, 0.3) is 0 Å². The minimum Gasteiger partial charge on any atom is -0.317 e. The Morgan fingerprint density at radius 2 is 2.13 bits per heavy atom. The normalized spacial score (nSPS) is 10.1. The third-order valence-corrected chi connectivity index (χ3v) is 3.17. The van der Waals surface area contributed by atoms with Crippen molar-refractivity contribution in [2.75, 3.05) is 7.05 Å². The molecule has 4 nitrogen and oxygen atoms in total. The van der Waals surface area contributed by atoms with Gasteiger partial charge in [-0.25, -0.2) is 4.98 Å². The summed E-state index contributed by atoms with van der Waals surface area (Å²) in [6, 6.07) is 0. The van der Waals surface area contributed by atoms with Crippen molar-refractivity contribution in [2.24, 2.45) is 0 Å². The number of hydrogen-bond acceptors (Lipinski definition) is 4. The summed E-state index contributed by atoms with van der Waals surface area (Å²) in [5, 5.41) is 18.4. The van der Waals surface area contributed by atoms with Gasteiger partial charge in [0.1, 0.15) is 11.5 Å². The zero-order valence-corrected chi connectivity index (χ0v) is 10.1. The Hall–Kier alpha value is -1.23. The molecule has 0 saturated heterocycles. The summed E-state index contributed by atoms with van der Waals surface area (Å²) >= 11 is 1.57. The number of nitrogens with one attached hydrogen (secondary N) is 2. The maximum Gasteiger partial charge on any atom is 0.153 e. The molecule has 0 saturated carbocycles. The highest BCUT2D eigenvalue weighted by atomic mass is 32.1. The monoisotopic (exact) mass is 224 g/mol. The number of amidine groups is 2. The van der Waals surface area contributed by atoms with Crippen LogP contribution in [0.4, 0.5) is 0 Å². The molecule has 5 heteroatoms. The molecule has 15 heavy (non-hydrogen) atoms. The topological polar surface area (TPSA) is 63.8 Å². The Balaban J connectivity index is 2.80. The van der Waals surface area contributed by atoms with Crippen LogP contribution in [0.3, 0.4) is 0 Å². The first-order valence-electron chi connectivity index (χ1n) is 4.94. The van der Waals surface area contributed by atoms with Crippen LogP contribution in [-0.2, 0) is 6.42 Å². The Labute approximate surface area is 94.0 Å². The Morgan fingerprint density at radius 1 is 1.47 bits per heavy atom. The molecule has 0 radical (unpaired) electrons. The largest absolute Gasteiger partial charge is 0.317 e. The van der Waals surface area contributed by atoms with Gasteiger partial charge in [0.15, 0.2) is 5.84 Å². The van der Waals surface area contributed by atoms with Crippen molar-refractivity contribution in [3.63, 3.8) is 0 Å². The molecule has 0 aliphatic heterocycles. The van der Waals surface area contributed by atoms with Crippen LogP contribution in [0.1, 0.15) is 31.0 Å². The summed E-state index contributed by atoms with van der Waals surface area (Å²) in [7, 11) is 1.74. The number of hydrogen-bond donors (Lipinski definition) is 2. The number of aromatic nitrogens is 1. The van der Waals surface area contributed by atoms with Gasteiger partial charge in [0.05, 0.1) is 5.01 Å². The third kappa shape index (κ3) is 2.62. The Bertz CT molecular complexity index is 369. The molecule has 1 aromatic heterocycles. The second-order valence-corrected chi connectivity index (χ2v) is 4.13. The lowest BCUT2D eigenvalue weighted by Gasteiger charge is -2.18. The first-order valence-corrected chi connectivity index (χ1v) is 5.82. The third-order valence-electron chi connectivity index (χ3n) is 2.17. The predicted octanol–water partition coefficient (Wildman–Crippen LogP) is 2.35. The molecular weight excluding hydrogens is 208 g/mol. The molecule has 0 atom stereocenters. The highest BCUT2D eigenvalue weighted by Gasteiger charge is 2.13. The van der Waals surface area contributed by atoms with Gasteiger partial charge < -0.3 is 4.90 Å². The van der Waals surface area contributed by atoms with Crippen LogP contribution in [0.15, 0.2) is 5.38 Å². The highest BCUT2D eigenvalue weighted by molar-refractivity contribution is 7.09. The van der Waals surface area contributed by atoms with E-state index in [0.717, 1.165) is 11.4 Å². The van der Waals surface area contributed by atoms with Gasteiger partial charge in [-0.1, -0.05) is 13.8 Å². The SMILES string of the molecule is CCC(=N)N(C)C(=N)c1csc(CC)n1. The molecule has 0 aromatic carbocycles. The Kier molecular flexibility index (Phi) is 3.96. The Morgan fingerprint density at radius 3 is 2.60 bits per heavy atom. The molecule has 1 rings (SSSR count). The zero-order valence-electron chi connectivity index (χ0n) is 9.29. The minimum atomic E-state index is 0.304. The van der Waals surface area contributed by atoms with Crippen LogP contribution >= 0.6 is 11.3 Å². The lowest BCUT2D eigenvalue weighted by molar-refractivity contribution is 0.714. The van der Waals surface area contributed by atoms with Crippen molar-refractivity contribution in [1.29, 1.82) is 10.8 Å². The fourth-order valence-corrected chi connectivity index (χ4v) is 1.86. The van der Waals surface area contributed by atoms with E-state index >= 15 is 0 Å². The fraction of sp³-hybridized carbons (Fsp3) is 0.500. The standard InChI is InChI=1S/C10H16N4S/c1-4-8(11)14(3)10(12)7-6-15-9(5-2)13-7/h6,11-12H,4-5H2,1-3H3. The van der Waals surface area contributed by atoms with Crippen LogP contribution in [0.5, 0.6) is 0 Å². The molecule has 2 N–H and O–H groups in total. The van der Waals surface area contributed by atoms with E-state index in [4.69, 9.17) is 10.8 Å². The van der Waals surface area contributed by atoms with Gasteiger partial charge in [-0.15, -0.1) is 11.3 Å². The van der Waals surface area contributed by atoms with E-state index < -0.39 is 0 Å². The van der Waals surface area contributed by atoms with E-state index in [0.29, 0.717) is 23.8 Å². The summed E-state index contributed by atoms with van der Waals surface area (Å²) in [6.07, 6.45) is 1.52. The van der Waals surface area contributed by atoms with Crippen LogP contribution in [-0.4, -0.2) is 28.6 Å². The van der Waals surface area contributed by atoms with Crippen LogP contribution < -0.4 is 0 Å². The quantitative estimate of drug-likeness (QED) is 0.611. The summed E-state index contributed by atoms with van der Waals surface area (Å²) in [4.78, 5) is 5.89. The molecule has 0 spiro atoms. The van der Waals surface area contributed by atoms with Crippen molar-refractivity contribution >= 4 is 23.0 Å².